The zero-order valence-corrected chi connectivity index (χ0v) is 15.2. The van der Waals surface area contributed by atoms with Crippen LogP contribution in [0.15, 0.2) is 42.5 Å². The van der Waals surface area contributed by atoms with E-state index in [4.69, 9.17) is 0 Å². The first-order valence-electron chi connectivity index (χ1n) is 8.71. The van der Waals surface area contributed by atoms with Gasteiger partial charge >= 0.3 is 0 Å². The number of aromatic amines is 1. The van der Waals surface area contributed by atoms with Crippen molar-refractivity contribution in [3.63, 3.8) is 0 Å². The Morgan fingerprint density at radius 2 is 1.88 bits per heavy atom. The number of benzene rings is 2. The Kier molecular flexibility index (Phi) is 5.16. The number of nitrogens with one attached hydrogen (secondary N) is 2. The van der Waals surface area contributed by atoms with Crippen LogP contribution >= 0.6 is 0 Å². The largest absolute Gasteiger partial charge is 0.319 e. The second-order valence-corrected chi connectivity index (χ2v) is 6.46. The van der Waals surface area contributed by atoms with Gasteiger partial charge in [0.1, 0.15) is 11.5 Å². The molecule has 0 fully saturated rings. The average molecular weight is 351 g/mol. The summed E-state index contributed by atoms with van der Waals surface area (Å²) in [6.45, 7) is 6.15. The molecular formula is C21H22FN3O. The molecule has 134 valence electrons. The minimum Gasteiger partial charge on any atom is -0.319 e. The van der Waals surface area contributed by atoms with Crippen LogP contribution in [0.3, 0.4) is 0 Å². The van der Waals surface area contributed by atoms with Gasteiger partial charge in [-0.05, 0) is 50.1 Å². The molecule has 0 aliphatic carbocycles. The Balaban J connectivity index is 2.00. The van der Waals surface area contributed by atoms with Crippen molar-refractivity contribution in [1.29, 1.82) is 0 Å². The van der Waals surface area contributed by atoms with E-state index in [-0.39, 0.29) is 11.7 Å². The second kappa shape index (κ2) is 7.52. The van der Waals surface area contributed by atoms with Gasteiger partial charge in [0.2, 0.25) is 0 Å². The highest BCUT2D eigenvalue weighted by Crippen LogP contribution is 2.32. The van der Waals surface area contributed by atoms with E-state index in [1.165, 1.54) is 29.8 Å². The summed E-state index contributed by atoms with van der Waals surface area (Å²) in [5.41, 5.74) is 5.95. The molecule has 3 aromatic rings. The lowest BCUT2D eigenvalue weighted by molar-refractivity contribution is 0.102. The summed E-state index contributed by atoms with van der Waals surface area (Å²) in [5.74, 6) is -0.651. The van der Waals surface area contributed by atoms with Crippen molar-refractivity contribution < 1.29 is 9.18 Å². The number of hydrogen-bond acceptors (Lipinski definition) is 2. The predicted octanol–water partition coefficient (Wildman–Crippen LogP) is 5.04. The van der Waals surface area contributed by atoms with Gasteiger partial charge < -0.3 is 5.32 Å². The first kappa shape index (κ1) is 17.9. The van der Waals surface area contributed by atoms with E-state index >= 15 is 0 Å². The molecule has 4 nitrogen and oxygen atoms in total. The summed E-state index contributed by atoms with van der Waals surface area (Å²) in [6, 6.07) is 11.6. The molecule has 0 atom stereocenters. The molecule has 2 aromatic carbocycles. The molecule has 0 aliphatic heterocycles. The smallest absolute Gasteiger partial charge is 0.255 e. The number of anilines is 1. The van der Waals surface area contributed by atoms with Gasteiger partial charge in [-0.1, -0.05) is 37.1 Å². The molecule has 0 saturated heterocycles. The fraction of sp³-hybridized carbons (Fsp3) is 0.238. The van der Waals surface area contributed by atoms with Gasteiger partial charge in [0, 0.05) is 11.1 Å². The number of aromatic nitrogens is 2. The van der Waals surface area contributed by atoms with Crippen LogP contribution < -0.4 is 5.32 Å². The number of halogens is 1. The molecule has 0 aliphatic rings. The molecule has 1 amide bonds. The van der Waals surface area contributed by atoms with Gasteiger partial charge in [-0.25, -0.2) is 4.39 Å². The van der Waals surface area contributed by atoms with E-state index in [0.717, 1.165) is 35.4 Å². The van der Waals surface area contributed by atoms with Crippen LogP contribution in [-0.2, 0) is 6.42 Å². The number of hydrogen-bond donors (Lipinski definition) is 2. The standard InChI is InChI=1S/C21H22FN3O/c1-4-5-18-20(23-21(26)15-7-9-16(22)10-8-15)19(25-24-18)17-11-6-13(2)12-14(17)3/h6-12H,4-5H2,1-3H3,(H,23,26)(H,24,25). The molecule has 1 aromatic heterocycles. The lowest BCUT2D eigenvalue weighted by atomic mass is 10.0. The fourth-order valence-electron chi connectivity index (χ4n) is 3.00. The lowest BCUT2D eigenvalue weighted by Gasteiger charge is -2.10. The minimum atomic E-state index is -0.368. The van der Waals surface area contributed by atoms with E-state index in [2.05, 4.69) is 28.5 Å². The first-order valence-corrected chi connectivity index (χ1v) is 8.71. The highest BCUT2D eigenvalue weighted by molar-refractivity contribution is 6.06. The number of nitrogens with zero attached hydrogens (tertiary/aromatic N) is 1. The Morgan fingerprint density at radius 3 is 2.54 bits per heavy atom. The van der Waals surface area contributed by atoms with Crippen molar-refractivity contribution in [2.24, 2.45) is 0 Å². The van der Waals surface area contributed by atoms with Crippen molar-refractivity contribution in [2.45, 2.75) is 33.6 Å². The number of carbonyl (C=O) groups is 1. The van der Waals surface area contributed by atoms with Crippen LogP contribution in [0.1, 0.15) is 40.5 Å². The predicted molar refractivity (Wildman–Crippen MR) is 102 cm³/mol. The third kappa shape index (κ3) is 3.67. The molecule has 0 bridgehead atoms. The van der Waals surface area contributed by atoms with Gasteiger partial charge in [-0.15, -0.1) is 0 Å². The molecule has 26 heavy (non-hydrogen) atoms. The molecule has 0 radical (unpaired) electrons. The maximum atomic E-state index is 13.1. The fourth-order valence-corrected chi connectivity index (χ4v) is 3.00. The maximum Gasteiger partial charge on any atom is 0.255 e. The topological polar surface area (TPSA) is 57.8 Å². The summed E-state index contributed by atoms with van der Waals surface area (Å²) < 4.78 is 13.1. The first-order chi connectivity index (χ1) is 12.5. The average Bonchev–Trinajstić information content (AvgIpc) is 2.98. The van der Waals surface area contributed by atoms with Crippen molar-refractivity contribution in [2.75, 3.05) is 5.32 Å². The molecule has 1 heterocycles. The van der Waals surface area contributed by atoms with Crippen molar-refractivity contribution in [3.05, 3.63) is 70.7 Å². The zero-order valence-electron chi connectivity index (χ0n) is 15.2. The van der Waals surface area contributed by atoms with Gasteiger partial charge in [-0.3, -0.25) is 9.89 Å². The summed E-state index contributed by atoms with van der Waals surface area (Å²) in [4.78, 5) is 12.6. The Bertz CT molecular complexity index is 929. The molecule has 0 saturated carbocycles. The summed E-state index contributed by atoms with van der Waals surface area (Å²) in [7, 11) is 0. The van der Waals surface area contributed by atoms with Crippen LogP contribution in [-0.4, -0.2) is 16.1 Å². The quantitative estimate of drug-likeness (QED) is 0.677. The van der Waals surface area contributed by atoms with Crippen LogP contribution in [0.25, 0.3) is 11.3 Å². The summed E-state index contributed by atoms with van der Waals surface area (Å²) >= 11 is 0. The lowest BCUT2D eigenvalue weighted by Crippen LogP contribution is -2.13. The normalized spacial score (nSPS) is 10.8. The number of carbonyl (C=O) groups excluding carboxylic acids is 1. The molecule has 0 spiro atoms. The minimum absolute atomic E-state index is 0.283. The zero-order chi connectivity index (χ0) is 18.7. The SMILES string of the molecule is CCCc1[nH]nc(-c2ccc(C)cc2C)c1NC(=O)c1ccc(F)cc1. The van der Waals surface area contributed by atoms with E-state index in [1.807, 2.05) is 26.0 Å². The van der Waals surface area contributed by atoms with Crippen LogP contribution in [0.5, 0.6) is 0 Å². The van der Waals surface area contributed by atoms with Crippen LogP contribution in [0.4, 0.5) is 10.1 Å². The number of amides is 1. The monoisotopic (exact) mass is 351 g/mol. The van der Waals surface area contributed by atoms with Crippen LogP contribution in [0.2, 0.25) is 0 Å². The summed E-state index contributed by atoms with van der Waals surface area (Å²) in [5, 5.41) is 10.5. The van der Waals surface area contributed by atoms with E-state index in [0.29, 0.717) is 11.3 Å². The van der Waals surface area contributed by atoms with E-state index < -0.39 is 0 Å². The molecule has 2 N–H and O–H groups in total. The Morgan fingerprint density at radius 1 is 1.15 bits per heavy atom. The molecule has 3 rings (SSSR count). The van der Waals surface area contributed by atoms with Gasteiger partial charge in [0.05, 0.1) is 11.4 Å². The highest BCUT2D eigenvalue weighted by Gasteiger charge is 2.19. The van der Waals surface area contributed by atoms with Crippen molar-refractivity contribution in [1.82, 2.24) is 10.2 Å². The van der Waals surface area contributed by atoms with Gasteiger partial charge in [-0.2, -0.15) is 5.10 Å². The third-order valence-corrected chi connectivity index (χ3v) is 4.32. The third-order valence-electron chi connectivity index (χ3n) is 4.32. The Hall–Kier alpha value is -2.95. The van der Waals surface area contributed by atoms with Gasteiger partial charge in [0.25, 0.3) is 5.91 Å². The highest BCUT2D eigenvalue weighted by atomic mass is 19.1. The number of rotatable bonds is 5. The Labute approximate surface area is 152 Å². The summed E-state index contributed by atoms with van der Waals surface area (Å²) in [6.07, 6.45) is 1.70. The van der Waals surface area contributed by atoms with Gasteiger partial charge in [0.15, 0.2) is 0 Å². The number of aryl methyl sites for hydroxylation is 3. The van der Waals surface area contributed by atoms with E-state index in [1.54, 1.807) is 0 Å². The molecule has 0 unspecified atom stereocenters. The second-order valence-electron chi connectivity index (χ2n) is 6.46. The van der Waals surface area contributed by atoms with Crippen molar-refractivity contribution >= 4 is 11.6 Å². The maximum absolute atomic E-state index is 13.1. The van der Waals surface area contributed by atoms with E-state index in [9.17, 15) is 9.18 Å². The molecular weight excluding hydrogens is 329 g/mol. The molecule has 5 heteroatoms. The number of H-pyrrole nitrogens is 1. The van der Waals surface area contributed by atoms with Crippen molar-refractivity contribution in [3.8, 4) is 11.3 Å². The van der Waals surface area contributed by atoms with Crippen LogP contribution in [0, 0.1) is 19.7 Å².